The second-order valence-corrected chi connectivity index (χ2v) is 9.03. The zero-order valence-corrected chi connectivity index (χ0v) is 18.2. The first-order chi connectivity index (χ1) is 13.6. The molecule has 0 saturated heterocycles. The van der Waals surface area contributed by atoms with Crippen molar-refractivity contribution in [2.75, 3.05) is 17.6 Å². The SMILES string of the molecule is CC(C)Oc1ccc(CNC(=O)C(C)Oc2ccc(N(C)S(C)(=O)=O)cc2)cc1. The van der Waals surface area contributed by atoms with Crippen molar-refractivity contribution in [2.24, 2.45) is 0 Å². The molecule has 1 amide bonds. The fourth-order valence-electron chi connectivity index (χ4n) is 2.47. The van der Waals surface area contributed by atoms with Crippen LogP contribution in [0.4, 0.5) is 5.69 Å². The average Bonchev–Trinajstić information content (AvgIpc) is 2.66. The highest BCUT2D eigenvalue weighted by atomic mass is 32.2. The first-order valence-corrected chi connectivity index (χ1v) is 11.1. The van der Waals surface area contributed by atoms with Crippen LogP contribution in [0.25, 0.3) is 0 Å². The number of nitrogens with one attached hydrogen (secondary N) is 1. The number of carbonyl (C=O) groups excluding carboxylic acids is 1. The molecule has 0 fully saturated rings. The van der Waals surface area contributed by atoms with Crippen molar-refractivity contribution < 1.29 is 22.7 Å². The van der Waals surface area contributed by atoms with Crippen molar-refractivity contribution in [3.63, 3.8) is 0 Å². The lowest BCUT2D eigenvalue weighted by Crippen LogP contribution is -2.35. The topological polar surface area (TPSA) is 84.9 Å². The van der Waals surface area contributed by atoms with Gasteiger partial charge in [0.2, 0.25) is 10.0 Å². The molecule has 0 aromatic heterocycles. The molecule has 2 aromatic rings. The predicted octanol–water partition coefficient (Wildman–Crippen LogP) is 2.95. The molecule has 7 nitrogen and oxygen atoms in total. The van der Waals surface area contributed by atoms with Crippen molar-refractivity contribution in [3.05, 3.63) is 54.1 Å². The van der Waals surface area contributed by atoms with Crippen molar-refractivity contribution in [1.29, 1.82) is 0 Å². The van der Waals surface area contributed by atoms with Gasteiger partial charge < -0.3 is 14.8 Å². The second kappa shape index (κ2) is 9.65. The Morgan fingerprint density at radius 2 is 1.48 bits per heavy atom. The lowest BCUT2D eigenvalue weighted by atomic mass is 10.2. The van der Waals surface area contributed by atoms with E-state index in [9.17, 15) is 13.2 Å². The molecule has 8 heteroatoms. The summed E-state index contributed by atoms with van der Waals surface area (Å²) in [4.78, 5) is 12.3. The third kappa shape index (κ3) is 6.98. The van der Waals surface area contributed by atoms with Crippen LogP contribution in [0, 0.1) is 0 Å². The molecule has 2 aromatic carbocycles. The van der Waals surface area contributed by atoms with Gasteiger partial charge in [-0.25, -0.2) is 8.42 Å². The minimum Gasteiger partial charge on any atom is -0.491 e. The summed E-state index contributed by atoms with van der Waals surface area (Å²) in [5.41, 5.74) is 1.47. The molecule has 0 radical (unpaired) electrons. The van der Waals surface area contributed by atoms with E-state index in [0.717, 1.165) is 17.6 Å². The first kappa shape index (κ1) is 22.5. The number of anilines is 1. The monoisotopic (exact) mass is 420 g/mol. The molecule has 0 aliphatic carbocycles. The van der Waals surface area contributed by atoms with Crippen LogP contribution in [0.2, 0.25) is 0 Å². The van der Waals surface area contributed by atoms with E-state index in [-0.39, 0.29) is 12.0 Å². The zero-order valence-electron chi connectivity index (χ0n) is 17.4. The van der Waals surface area contributed by atoms with Crippen molar-refractivity contribution in [3.8, 4) is 11.5 Å². The third-order valence-corrected chi connectivity index (χ3v) is 5.35. The van der Waals surface area contributed by atoms with Gasteiger partial charge in [0.1, 0.15) is 11.5 Å². The summed E-state index contributed by atoms with van der Waals surface area (Å²) in [6.45, 7) is 5.97. The summed E-state index contributed by atoms with van der Waals surface area (Å²) in [6.07, 6.45) is 0.547. The molecule has 1 atom stereocenters. The van der Waals surface area contributed by atoms with E-state index in [2.05, 4.69) is 5.32 Å². The van der Waals surface area contributed by atoms with E-state index in [4.69, 9.17) is 9.47 Å². The standard InChI is InChI=1S/C21H28N2O5S/c1-15(2)27-19-10-6-17(7-11-19)14-22-21(24)16(3)28-20-12-8-18(9-13-20)23(4)29(5,25)26/h6-13,15-16H,14H2,1-5H3,(H,22,24). The summed E-state index contributed by atoms with van der Waals surface area (Å²) in [5.74, 6) is 1.02. The van der Waals surface area contributed by atoms with Crippen LogP contribution in [0.3, 0.4) is 0 Å². The van der Waals surface area contributed by atoms with Crippen LogP contribution in [-0.4, -0.2) is 39.8 Å². The van der Waals surface area contributed by atoms with E-state index < -0.39 is 16.1 Å². The summed E-state index contributed by atoms with van der Waals surface area (Å²) < 4.78 is 35.6. The van der Waals surface area contributed by atoms with Gasteiger partial charge in [-0.3, -0.25) is 9.10 Å². The minimum absolute atomic E-state index is 0.111. The van der Waals surface area contributed by atoms with Crippen LogP contribution in [0.1, 0.15) is 26.3 Å². The maximum atomic E-state index is 12.3. The van der Waals surface area contributed by atoms with Gasteiger partial charge in [0.05, 0.1) is 18.0 Å². The normalized spacial score (nSPS) is 12.3. The summed E-state index contributed by atoms with van der Waals surface area (Å²) in [5, 5.41) is 2.84. The van der Waals surface area contributed by atoms with Crippen LogP contribution >= 0.6 is 0 Å². The van der Waals surface area contributed by atoms with Gasteiger partial charge in [-0.15, -0.1) is 0 Å². The maximum absolute atomic E-state index is 12.3. The van der Waals surface area contributed by atoms with Crippen LogP contribution in [-0.2, 0) is 21.4 Å². The van der Waals surface area contributed by atoms with E-state index in [1.807, 2.05) is 38.1 Å². The number of hydrogen-bond donors (Lipinski definition) is 1. The van der Waals surface area contributed by atoms with Crippen molar-refractivity contribution in [2.45, 2.75) is 39.5 Å². The molecule has 0 aliphatic heterocycles. The molecular formula is C21H28N2O5S. The number of ether oxygens (including phenoxy) is 2. The Morgan fingerprint density at radius 3 is 2.00 bits per heavy atom. The van der Waals surface area contributed by atoms with E-state index >= 15 is 0 Å². The molecule has 0 aliphatic rings. The fraction of sp³-hybridized carbons (Fsp3) is 0.381. The largest absolute Gasteiger partial charge is 0.491 e. The number of hydrogen-bond acceptors (Lipinski definition) is 5. The minimum atomic E-state index is -3.33. The van der Waals surface area contributed by atoms with Gasteiger partial charge in [0.25, 0.3) is 5.91 Å². The van der Waals surface area contributed by atoms with Gasteiger partial charge >= 0.3 is 0 Å². The van der Waals surface area contributed by atoms with Crippen LogP contribution < -0.4 is 19.1 Å². The fourth-order valence-corrected chi connectivity index (χ4v) is 2.98. The van der Waals surface area contributed by atoms with Gasteiger partial charge in [0, 0.05) is 13.6 Å². The lowest BCUT2D eigenvalue weighted by molar-refractivity contribution is -0.127. The Hall–Kier alpha value is -2.74. The molecule has 0 spiro atoms. The van der Waals surface area contributed by atoms with Crippen molar-refractivity contribution in [1.82, 2.24) is 5.32 Å². The Labute approximate surface area is 172 Å². The number of carbonyl (C=O) groups is 1. The molecule has 158 valence electrons. The first-order valence-electron chi connectivity index (χ1n) is 9.30. The highest BCUT2D eigenvalue weighted by Gasteiger charge is 2.16. The summed E-state index contributed by atoms with van der Waals surface area (Å²) in [7, 11) is -1.85. The highest BCUT2D eigenvalue weighted by molar-refractivity contribution is 7.92. The zero-order chi connectivity index (χ0) is 21.6. The molecule has 0 bridgehead atoms. The maximum Gasteiger partial charge on any atom is 0.261 e. The van der Waals surface area contributed by atoms with Gasteiger partial charge in [-0.05, 0) is 62.7 Å². The molecule has 2 rings (SSSR count). The third-order valence-electron chi connectivity index (χ3n) is 4.14. The van der Waals surface area contributed by atoms with Crippen molar-refractivity contribution >= 4 is 21.6 Å². The molecule has 29 heavy (non-hydrogen) atoms. The quantitative estimate of drug-likeness (QED) is 0.674. The van der Waals surface area contributed by atoms with Gasteiger partial charge in [-0.1, -0.05) is 12.1 Å². The number of sulfonamides is 1. The Morgan fingerprint density at radius 1 is 0.966 bits per heavy atom. The lowest BCUT2D eigenvalue weighted by Gasteiger charge is -2.18. The summed E-state index contributed by atoms with van der Waals surface area (Å²) >= 11 is 0. The van der Waals surface area contributed by atoms with Crippen LogP contribution in [0.5, 0.6) is 11.5 Å². The smallest absolute Gasteiger partial charge is 0.261 e. The van der Waals surface area contributed by atoms with E-state index in [1.54, 1.807) is 31.2 Å². The number of benzene rings is 2. The molecule has 0 heterocycles. The Bertz CT molecular complexity index is 909. The number of nitrogens with zero attached hydrogens (tertiary/aromatic N) is 1. The van der Waals surface area contributed by atoms with Gasteiger partial charge in [0.15, 0.2) is 6.10 Å². The predicted molar refractivity (Wildman–Crippen MR) is 114 cm³/mol. The van der Waals surface area contributed by atoms with Crippen LogP contribution in [0.15, 0.2) is 48.5 Å². The molecule has 0 saturated carbocycles. The average molecular weight is 421 g/mol. The summed E-state index contributed by atoms with van der Waals surface area (Å²) in [6, 6.07) is 14.1. The van der Waals surface area contributed by atoms with E-state index in [0.29, 0.717) is 18.0 Å². The highest BCUT2D eigenvalue weighted by Crippen LogP contribution is 2.21. The molecule has 1 unspecified atom stereocenters. The van der Waals surface area contributed by atoms with Gasteiger partial charge in [-0.2, -0.15) is 0 Å². The van der Waals surface area contributed by atoms with E-state index in [1.165, 1.54) is 11.4 Å². The number of amides is 1. The number of rotatable bonds is 9. The molecular weight excluding hydrogens is 392 g/mol. The molecule has 1 N–H and O–H groups in total. The second-order valence-electron chi connectivity index (χ2n) is 7.01. The Balaban J connectivity index is 1.87. The Kier molecular flexibility index (Phi) is 7.50.